The van der Waals surface area contributed by atoms with Gasteiger partial charge in [-0.15, -0.1) is 22.9 Å². The third-order valence-corrected chi connectivity index (χ3v) is 6.41. The Bertz CT molecular complexity index is 2150. The van der Waals surface area contributed by atoms with Gasteiger partial charge in [-0.05, 0) is 73.0 Å². The Labute approximate surface area is 758 Å². The average Bonchev–Trinajstić information content (AvgIpc) is 3.15. The maximum atomic E-state index is 10.7. The van der Waals surface area contributed by atoms with Gasteiger partial charge in [-0.3, -0.25) is 0 Å². The molecule has 5 rings (SSSR count). The SMILES string of the molecule is CN=Nc1ccc(N=Nc2ccc(N=Nc3cc(OC)c(N=Nc4ccc5cc(C)ccc5c4O)cc3CO)cc2)cc1.O=S(=O)=O.[CH3-].[CH3-].[CH3-].[CH3-].[H-].[H-].[Rb+].[Rb+].[Rb+].[Rb+].[Rb+].[Rb+].[Rb][Rb].[Rb][Rb]. The van der Waals surface area contributed by atoms with Crippen LogP contribution >= 0.6 is 0 Å². The van der Waals surface area contributed by atoms with Crippen LogP contribution in [0.2, 0.25) is 0 Å². The van der Waals surface area contributed by atoms with Gasteiger partial charge in [0.05, 0.1) is 42.2 Å². The van der Waals surface area contributed by atoms with Crippen LogP contribution in [0.4, 0.5) is 39.8 Å². The molecule has 0 amide bonds. The Morgan fingerprint density at radius 2 is 0.967 bits per heavy atom. The van der Waals surface area contributed by atoms with Gasteiger partial charge in [0.15, 0.2) is 5.75 Å². The standard InChI is InChI=1S/C32H28N8O3.4CH3.O3S.10Rb.2H/c1-20-4-14-27-21(16-20)5-15-28(32(27)42)38-40-30-17-22(19-41)29(18-31(30)43-3)39-37-26-12-10-25(11-13-26)36-35-24-8-6-23(7-9-24)34-33-2;;;;;1-4(2)3;;;;;;;;;;;;/h4-18,41-42H,19H2,1-3H3;4*1H3;;;;;;;;;;;;;/q;4*-1;;;;;;6*+1;2*-1. The molecule has 0 heterocycles. The van der Waals surface area contributed by atoms with Crippen LogP contribution in [0.25, 0.3) is 10.8 Å². The summed E-state index contributed by atoms with van der Waals surface area (Å²) in [4.78, 5) is 0. The van der Waals surface area contributed by atoms with Crippen LogP contribution < -0.4 is 354 Å². The van der Waals surface area contributed by atoms with Crippen molar-refractivity contribution in [3.63, 3.8) is 0 Å². The first-order valence-corrected chi connectivity index (χ1v) is 84.8. The fourth-order valence-corrected chi connectivity index (χ4v) is 4.19. The number of methoxy groups -OCH3 is 1. The molecule has 0 bridgehead atoms. The Morgan fingerprint density at radius 1 is 0.574 bits per heavy atom. The number of ether oxygens (including phenoxy) is 1. The van der Waals surface area contributed by atoms with Gasteiger partial charge in [0.1, 0.15) is 17.1 Å². The minimum atomic E-state index is -3.11. The normalized spacial score (nSPS) is 9.11. The number of benzene rings is 5. The van der Waals surface area contributed by atoms with Crippen LogP contribution in [0.5, 0.6) is 11.5 Å². The number of phenols is 1. The zero-order valence-electron chi connectivity index (χ0n) is 41.4. The number of azo groups is 4. The van der Waals surface area contributed by atoms with E-state index in [0.29, 0.717) is 50.8 Å². The second kappa shape index (κ2) is 58.1. The molecule has 61 heavy (non-hydrogen) atoms. The van der Waals surface area contributed by atoms with E-state index in [1.165, 1.54) is 7.11 Å². The van der Waals surface area contributed by atoms with E-state index in [-0.39, 0.29) is 394 Å². The molecule has 278 valence electrons. The summed E-state index contributed by atoms with van der Waals surface area (Å²) in [6, 6.07) is 26.9. The molecule has 0 radical (unpaired) electrons. The number of nitrogens with zero attached hydrogens (tertiary/aromatic N) is 8. The molecular weight excluding hydrogens is 1530 g/mol. The van der Waals surface area contributed by atoms with Crippen molar-refractivity contribution in [3.05, 3.63) is 132 Å². The molecule has 0 unspecified atom stereocenters. The number of rotatable bonds is 9. The molecule has 0 aliphatic rings. The summed E-state index contributed by atoms with van der Waals surface area (Å²) in [5.41, 5.74) is 5.34. The average molecular weight is 1570 g/mol. The quantitative estimate of drug-likeness (QED) is 0.109. The zero-order valence-corrected chi connectivity index (χ0v) is 89.4. The molecule has 5 aromatic rings. The van der Waals surface area contributed by atoms with Crippen molar-refractivity contribution in [2.45, 2.75) is 13.5 Å². The summed E-state index contributed by atoms with van der Waals surface area (Å²) in [5, 5.41) is 55.7. The zero-order chi connectivity index (χ0) is 37.8. The van der Waals surface area contributed by atoms with Crippen molar-refractivity contribution in [2.75, 3.05) is 14.2 Å². The third kappa shape index (κ3) is 38.3. The second-order valence-electron chi connectivity index (χ2n) is 9.61. The fraction of sp³-hybridized carbons (Fsp3) is 0.111. The van der Waals surface area contributed by atoms with E-state index in [0.717, 1.165) is 152 Å². The molecule has 0 aromatic heterocycles. The van der Waals surface area contributed by atoms with Gasteiger partial charge in [0.25, 0.3) is 0 Å². The summed E-state index contributed by atoms with van der Waals surface area (Å²) in [5.74, 6) is 0.418. The van der Waals surface area contributed by atoms with Crippen molar-refractivity contribution in [2.24, 2.45) is 40.9 Å². The predicted octanol–water partition coefficient (Wildman–Crippen LogP) is -8.16. The summed E-state index contributed by atoms with van der Waals surface area (Å²) in [6.45, 7) is 1.69. The molecule has 0 saturated carbocycles. The molecule has 0 fully saturated rings. The minimum absolute atomic E-state index is 0. The van der Waals surface area contributed by atoms with Gasteiger partial charge in [-0.2, -0.15) is 30.7 Å². The first-order chi connectivity index (χ1) is 24.7. The van der Waals surface area contributed by atoms with E-state index in [2.05, 4.69) is 40.9 Å². The molecule has 2 N–H and O–H groups in total. The van der Waals surface area contributed by atoms with Crippen LogP contribution in [-0.2, 0) is 17.2 Å². The number of hydrogen-bond acceptors (Lipinski definition) is 14. The third-order valence-electron chi connectivity index (χ3n) is 6.41. The molecule has 5 aromatic carbocycles. The number of aromatic hydroxyl groups is 1. The predicted molar refractivity (Wildman–Crippen MR) is 226 cm³/mol. The molecule has 0 atom stereocenters. The van der Waals surface area contributed by atoms with Crippen LogP contribution in [0.15, 0.2) is 132 Å². The number of fused-ring (bicyclic) bond motifs is 1. The van der Waals surface area contributed by atoms with Crippen molar-refractivity contribution >= 4 is 197 Å². The summed E-state index contributed by atoms with van der Waals surface area (Å²) >= 11 is 4.64. The Hall–Kier alpha value is 12.0. The van der Waals surface area contributed by atoms with E-state index in [9.17, 15) is 10.2 Å². The molecule has 25 heteroatoms. The van der Waals surface area contributed by atoms with Crippen LogP contribution in [-0.4, -0.2) is 172 Å². The van der Waals surface area contributed by atoms with E-state index in [1.54, 1.807) is 49.5 Å². The second-order valence-corrected chi connectivity index (χ2v) is 10.0. The molecule has 14 nitrogen and oxygen atoms in total. The van der Waals surface area contributed by atoms with Gasteiger partial charge in [-0.1, -0.05) is 29.8 Å². The number of aliphatic hydroxyl groups excluding tert-OH is 1. The number of aryl methyl sites for hydroxylation is 1. The van der Waals surface area contributed by atoms with Gasteiger partial charge in [0.2, 0.25) is 0 Å². The monoisotopic (exact) mass is 1560 g/mol. The van der Waals surface area contributed by atoms with Gasteiger partial charge < -0.3 is 47.5 Å². The maximum absolute atomic E-state index is 10.7. The molecule has 0 saturated heterocycles. The van der Waals surface area contributed by atoms with Crippen molar-refractivity contribution < 1.29 is 380 Å². The number of hydrogen-bond donors (Lipinski definition) is 2. The topological polar surface area (TPSA) is 200 Å². The van der Waals surface area contributed by atoms with E-state index in [1.807, 2.05) is 55.5 Å². The number of aliphatic hydroxyl groups is 1. The van der Waals surface area contributed by atoms with Crippen LogP contribution in [0.3, 0.4) is 0 Å². The van der Waals surface area contributed by atoms with Gasteiger partial charge >= 0.3 is 495 Å². The summed E-state index contributed by atoms with van der Waals surface area (Å²) in [6.07, 6.45) is 0. The van der Waals surface area contributed by atoms with Crippen molar-refractivity contribution in [1.29, 1.82) is 0 Å². The van der Waals surface area contributed by atoms with Gasteiger partial charge in [-0.25, -0.2) is 0 Å². The molecular formula is C36H42N8O6Rb10S. The van der Waals surface area contributed by atoms with E-state index < -0.39 is 10.6 Å². The van der Waals surface area contributed by atoms with Crippen molar-refractivity contribution in [1.82, 2.24) is 0 Å². The van der Waals surface area contributed by atoms with E-state index in [4.69, 9.17) is 17.4 Å². The van der Waals surface area contributed by atoms with E-state index >= 15 is 0 Å². The first kappa shape index (κ1) is 92.4. The Balaban J connectivity index is -0.000000141. The Kier molecular flexibility index (Phi) is 88.1. The fourth-order valence-electron chi connectivity index (χ4n) is 4.19. The van der Waals surface area contributed by atoms with Crippen molar-refractivity contribution in [3.8, 4) is 11.5 Å². The van der Waals surface area contributed by atoms with Gasteiger partial charge in [0, 0.05) is 24.1 Å². The summed E-state index contributed by atoms with van der Waals surface area (Å²) < 4.78 is 30.8. The van der Waals surface area contributed by atoms with Crippen LogP contribution in [0, 0.1) is 36.6 Å². The molecule has 0 spiro atoms. The summed E-state index contributed by atoms with van der Waals surface area (Å²) in [7, 11) is 0.00679. The first-order valence-electron chi connectivity index (χ1n) is 15.8. The Morgan fingerprint density at radius 3 is 1.38 bits per heavy atom. The number of phenolic OH excluding ortho intramolecular Hbond substituents is 1. The van der Waals surface area contributed by atoms with Crippen LogP contribution in [0.1, 0.15) is 14.0 Å². The molecule has 0 aliphatic heterocycles. The molecule has 0 aliphatic carbocycles.